The van der Waals surface area contributed by atoms with Gasteiger partial charge in [0.05, 0.1) is 27.2 Å². The summed E-state index contributed by atoms with van der Waals surface area (Å²) in [5.41, 5.74) is 1.54. The molecule has 2 aromatic rings. The van der Waals surface area contributed by atoms with Crippen LogP contribution in [0.25, 0.3) is 0 Å². The zero-order valence-corrected chi connectivity index (χ0v) is 20.0. The van der Waals surface area contributed by atoms with Gasteiger partial charge in [0.25, 0.3) is 5.91 Å². The number of Topliss-reactive ketones (excluding diaryl/α,β-unsaturated/α-hetero) is 1. The van der Waals surface area contributed by atoms with Gasteiger partial charge in [0, 0.05) is 17.6 Å². The first-order chi connectivity index (χ1) is 14.3. The molecule has 1 amide bonds. The molecular weight excluding hydrogens is 466 g/mol. The standard InChI is InChI=1S/C22H26BrN3O3S/c1-5-25(6-2)11-12-26-18(15-7-9-16(23)10-8-15)17(20(28)22(26)29)19(27)21-13(3)24-14(4)30-21/h7-10,18,28H,5-6,11-12H2,1-4H3/t18-/m0/s1. The molecule has 30 heavy (non-hydrogen) atoms. The molecule has 1 atom stereocenters. The molecule has 0 saturated heterocycles. The number of aryl methyl sites for hydroxylation is 2. The second-order valence-electron chi connectivity index (χ2n) is 7.22. The zero-order chi connectivity index (χ0) is 22.0. The van der Waals surface area contributed by atoms with Gasteiger partial charge in [-0.1, -0.05) is 41.9 Å². The van der Waals surface area contributed by atoms with Crippen LogP contribution >= 0.6 is 27.3 Å². The van der Waals surface area contributed by atoms with Gasteiger partial charge in [0.1, 0.15) is 0 Å². The highest BCUT2D eigenvalue weighted by atomic mass is 79.9. The lowest BCUT2D eigenvalue weighted by molar-refractivity contribution is -0.129. The Morgan fingerprint density at radius 1 is 1.23 bits per heavy atom. The van der Waals surface area contributed by atoms with Crippen LogP contribution in [0.2, 0.25) is 0 Å². The van der Waals surface area contributed by atoms with Crippen molar-refractivity contribution < 1.29 is 14.7 Å². The topological polar surface area (TPSA) is 73.7 Å². The summed E-state index contributed by atoms with van der Waals surface area (Å²) in [5, 5.41) is 11.5. The molecule has 6 nitrogen and oxygen atoms in total. The van der Waals surface area contributed by atoms with E-state index in [1.54, 1.807) is 11.8 Å². The molecule has 1 aromatic carbocycles. The quantitative estimate of drug-likeness (QED) is 0.552. The second-order valence-corrected chi connectivity index (χ2v) is 9.34. The second kappa shape index (κ2) is 9.41. The number of aliphatic hydroxyl groups is 1. The molecule has 2 heterocycles. The predicted octanol–water partition coefficient (Wildman–Crippen LogP) is 4.44. The Kier molecular flexibility index (Phi) is 7.10. The zero-order valence-electron chi connectivity index (χ0n) is 17.6. The number of benzene rings is 1. The molecule has 160 valence electrons. The maximum atomic E-state index is 13.4. The summed E-state index contributed by atoms with van der Waals surface area (Å²) >= 11 is 4.72. The number of ketones is 1. The number of rotatable bonds is 8. The number of hydrogen-bond donors (Lipinski definition) is 1. The third kappa shape index (κ3) is 4.36. The minimum absolute atomic E-state index is 0.133. The van der Waals surface area contributed by atoms with E-state index in [1.165, 1.54) is 11.3 Å². The number of carbonyl (C=O) groups is 2. The molecule has 0 radical (unpaired) electrons. The van der Waals surface area contributed by atoms with Crippen LogP contribution < -0.4 is 0 Å². The number of amides is 1. The van der Waals surface area contributed by atoms with Crippen LogP contribution in [0.1, 0.15) is 45.8 Å². The van der Waals surface area contributed by atoms with Crippen molar-refractivity contribution in [2.75, 3.05) is 26.2 Å². The number of carbonyl (C=O) groups excluding carboxylic acids is 2. The molecule has 0 spiro atoms. The number of hydrogen-bond acceptors (Lipinski definition) is 6. The summed E-state index contributed by atoms with van der Waals surface area (Å²) in [4.78, 5) is 35.1. The van der Waals surface area contributed by atoms with Crippen LogP contribution in [0.4, 0.5) is 0 Å². The minimum atomic E-state index is -0.629. The first kappa shape index (κ1) is 22.7. The molecule has 1 N–H and O–H groups in total. The number of halogens is 1. The Labute approximate surface area is 189 Å². The fourth-order valence-corrected chi connectivity index (χ4v) is 4.90. The number of nitrogens with zero attached hydrogens (tertiary/aromatic N) is 3. The van der Waals surface area contributed by atoms with Crippen LogP contribution in [0.3, 0.4) is 0 Å². The maximum Gasteiger partial charge on any atom is 0.290 e. The van der Waals surface area contributed by atoms with Crippen molar-refractivity contribution in [3.63, 3.8) is 0 Å². The molecule has 0 bridgehead atoms. The van der Waals surface area contributed by atoms with E-state index in [2.05, 4.69) is 39.7 Å². The van der Waals surface area contributed by atoms with Crippen molar-refractivity contribution in [2.24, 2.45) is 0 Å². The molecule has 1 aromatic heterocycles. The van der Waals surface area contributed by atoms with Crippen molar-refractivity contribution in [3.05, 3.63) is 61.2 Å². The van der Waals surface area contributed by atoms with Crippen LogP contribution in [0, 0.1) is 13.8 Å². The first-order valence-corrected chi connectivity index (χ1v) is 11.6. The largest absolute Gasteiger partial charge is 0.503 e. The van der Waals surface area contributed by atoms with E-state index in [4.69, 9.17) is 0 Å². The summed E-state index contributed by atoms with van der Waals surface area (Å²) in [6.07, 6.45) is 0. The molecule has 1 aliphatic rings. The highest BCUT2D eigenvalue weighted by Gasteiger charge is 2.44. The summed E-state index contributed by atoms with van der Waals surface area (Å²) in [5.74, 6) is -1.29. The van der Waals surface area contributed by atoms with Gasteiger partial charge >= 0.3 is 0 Å². The SMILES string of the molecule is CCN(CC)CCN1C(=O)C(O)=C(C(=O)c2sc(C)nc2C)[C@@H]1c1ccc(Br)cc1. The number of thiazole rings is 1. The van der Waals surface area contributed by atoms with Crippen LogP contribution in [-0.4, -0.2) is 57.8 Å². The van der Waals surface area contributed by atoms with Crippen LogP contribution in [-0.2, 0) is 4.79 Å². The molecule has 0 aliphatic carbocycles. The Morgan fingerprint density at radius 3 is 2.40 bits per heavy atom. The Morgan fingerprint density at radius 2 is 1.87 bits per heavy atom. The van der Waals surface area contributed by atoms with Gasteiger partial charge in [-0.15, -0.1) is 11.3 Å². The van der Waals surface area contributed by atoms with Crippen molar-refractivity contribution in [2.45, 2.75) is 33.7 Å². The van der Waals surface area contributed by atoms with E-state index in [0.717, 1.165) is 28.1 Å². The Bertz CT molecular complexity index is 980. The first-order valence-electron chi connectivity index (χ1n) is 9.99. The lowest BCUT2D eigenvalue weighted by atomic mass is 9.95. The van der Waals surface area contributed by atoms with Gasteiger partial charge in [-0.05, 0) is 44.6 Å². The molecular formula is C22H26BrN3O3S. The summed E-state index contributed by atoms with van der Waals surface area (Å²) < 4.78 is 0.903. The van der Waals surface area contributed by atoms with Gasteiger partial charge in [0.2, 0.25) is 5.78 Å². The van der Waals surface area contributed by atoms with E-state index in [0.29, 0.717) is 23.7 Å². The predicted molar refractivity (Wildman–Crippen MR) is 122 cm³/mol. The van der Waals surface area contributed by atoms with E-state index < -0.39 is 17.7 Å². The highest BCUT2D eigenvalue weighted by Crippen LogP contribution is 2.40. The highest BCUT2D eigenvalue weighted by molar-refractivity contribution is 9.10. The van der Waals surface area contributed by atoms with Gasteiger partial charge in [-0.25, -0.2) is 4.98 Å². The van der Waals surface area contributed by atoms with E-state index >= 15 is 0 Å². The number of likely N-dealkylation sites (N-methyl/N-ethyl adjacent to an activating group) is 1. The average Bonchev–Trinajstić information content (AvgIpc) is 3.19. The molecule has 0 unspecified atom stereocenters. The Hall–Kier alpha value is -2.03. The van der Waals surface area contributed by atoms with Crippen molar-refractivity contribution in [3.8, 4) is 0 Å². The average molecular weight is 492 g/mol. The normalized spacial score (nSPS) is 16.8. The lowest BCUT2D eigenvalue weighted by Crippen LogP contribution is -2.38. The third-order valence-corrected chi connectivity index (χ3v) is 7.00. The number of aliphatic hydroxyl groups excluding tert-OH is 1. The van der Waals surface area contributed by atoms with Crippen molar-refractivity contribution in [1.29, 1.82) is 0 Å². The van der Waals surface area contributed by atoms with Gasteiger partial charge < -0.3 is 14.9 Å². The molecule has 0 saturated carbocycles. The molecule has 8 heteroatoms. The van der Waals surface area contributed by atoms with Crippen LogP contribution in [0.15, 0.2) is 40.1 Å². The molecule has 3 rings (SSSR count). The van der Waals surface area contributed by atoms with Gasteiger partial charge in [-0.3, -0.25) is 9.59 Å². The maximum absolute atomic E-state index is 13.4. The van der Waals surface area contributed by atoms with Crippen molar-refractivity contribution >= 4 is 39.0 Å². The van der Waals surface area contributed by atoms with E-state index in [-0.39, 0.29) is 11.4 Å². The minimum Gasteiger partial charge on any atom is -0.503 e. The number of aromatic nitrogens is 1. The summed E-state index contributed by atoms with van der Waals surface area (Å²) in [7, 11) is 0. The fourth-order valence-electron chi connectivity index (χ4n) is 3.76. The molecule has 0 fully saturated rings. The fraction of sp³-hybridized carbons (Fsp3) is 0.409. The van der Waals surface area contributed by atoms with Gasteiger partial charge in [-0.2, -0.15) is 0 Å². The molecule has 1 aliphatic heterocycles. The smallest absolute Gasteiger partial charge is 0.290 e. The van der Waals surface area contributed by atoms with Crippen molar-refractivity contribution in [1.82, 2.24) is 14.8 Å². The van der Waals surface area contributed by atoms with Gasteiger partial charge in [0.15, 0.2) is 5.76 Å². The summed E-state index contributed by atoms with van der Waals surface area (Å²) in [6.45, 7) is 10.6. The van der Waals surface area contributed by atoms with Crippen LogP contribution in [0.5, 0.6) is 0 Å². The van der Waals surface area contributed by atoms with E-state index in [1.807, 2.05) is 31.2 Å². The summed E-state index contributed by atoms with van der Waals surface area (Å²) in [6, 6.07) is 6.88. The Balaban J connectivity index is 2.04. The third-order valence-electron chi connectivity index (χ3n) is 5.40. The lowest BCUT2D eigenvalue weighted by Gasteiger charge is -2.29. The van der Waals surface area contributed by atoms with E-state index in [9.17, 15) is 14.7 Å². The monoisotopic (exact) mass is 491 g/mol.